The van der Waals surface area contributed by atoms with Crippen molar-refractivity contribution in [3.8, 4) is 10.6 Å². The van der Waals surface area contributed by atoms with E-state index in [4.69, 9.17) is 14.5 Å². The van der Waals surface area contributed by atoms with E-state index in [9.17, 15) is 9.59 Å². The zero-order valence-electron chi connectivity index (χ0n) is 22.0. The van der Waals surface area contributed by atoms with Gasteiger partial charge in [-0.3, -0.25) is 5.32 Å². The molecule has 1 aliphatic rings. The van der Waals surface area contributed by atoms with Crippen molar-refractivity contribution in [2.75, 3.05) is 45.2 Å². The van der Waals surface area contributed by atoms with Crippen LogP contribution in [0, 0.1) is 0 Å². The fraction of sp³-hybridized carbons (Fsp3) is 0.321. The summed E-state index contributed by atoms with van der Waals surface area (Å²) in [5.41, 5.74) is 3.90. The molecule has 40 heavy (non-hydrogen) atoms. The number of carbonyl (C=O) groups is 2. The Morgan fingerprint density at radius 1 is 1.10 bits per heavy atom. The topological polar surface area (TPSA) is 105 Å². The molecule has 3 heterocycles. The molecule has 2 aromatic carbocycles. The molecule has 0 saturated heterocycles. The number of urea groups is 1. The minimum Gasteiger partial charge on any atom is -0.445 e. The summed E-state index contributed by atoms with van der Waals surface area (Å²) < 4.78 is 12.7. The molecule has 2 aromatic heterocycles. The van der Waals surface area contributed by atoms with Crippen LogP contribution in [0.25, 0.3) is 20.8 Å². The third-order valence-corrected chi connectivity index (χ3v) is 9.04. The van der Waals surface area contributed by atoms with Crippen molar-refractivity contribution in [3.05, 3.63) is 69.0 Å². The van der Waals surface area contributed by atoms with Gasteiger partial charge >= 0.3 is 12.1 Å². The highest BCUT2D eigenvalue weighted by Gasteiger charge is 2.30. The normalized spacial score (nSPS) is 12.8. The molecule has 0 saturated carbocycles. The fourth-order valence-electron chi connectivity index (χ4n) is 4.40. The molecule has 3 amide bonds. The maximum atomic E-state index is 12.9. The van der Waals surface area contributed by atoms with Gasteiger partial charge in [0.15, 0.2) is 0 Å². The molecule has 1 aliphatic heterocycles. The number of halogens is 1. The average molecular weight is 645 g/mol. The van der Waals surface area contributed by atoms with Crippen molar-refractivity contribution in [1.82, 2.24) is 20.5 Å². The Hall–Kier alpha value is -3.03. The number of rotatable bonds is 10. The summed E-state index contributed by atoms with van der Waals surface area (Å²) in [5, 5.41) is 10.7. The van der Waals surface area contributed by atoms with E-state index in [0.29, 0.717) is 39.2 Å². The number of thiazole rings is 1. The zero-order chi connectivity index (χ0) is 27.9. The average Bonchev–Trinajstić information content (AvgIpc) is 3.53. The van der Waals surface area contributed by atoms with Gasteiger partial charge in [0, 0.05) is 48.2 Å². The van der Waals surface area contributed by atoms with Gasteiger partial charge in [0.1, 0.15) is 16.6 Å². The molecule has 0 bridgehead atoms. The molecular weight excluding hydrogens is 614 g/mol. The summed E-state index contributed by atoms with van der Waals surface area (Å²) in [5.74, 6) is 0. The number of hydrogen-bond acceptors (Lipinski definition) is 8. The lowest BCUT2D eigenvalue weighted by atomic mass is 10.0. The molecule has 210 valence electrons. The Labute approximate surface area is 249 Å². The third kappa shape index (κ3) is 6.99. The largest absolute Gasteiger partial charge is 0.445 e. The Bertz CT molecular complexity index is 1480. The monoisotopic (exact) mass is 643 g/mol. The van der Waals surface area contributed by atoms with Crippen LogP contribution in [0.1, 0.15) is 16.0 Å². The first-order chi connectivity index (χ1) is 19.5. The summed E-state index contributed by atoms with van der Waals surface area (Å²) in [7, 11) is 1.66. The van der Waals surface area contributed by atoms with Crippen LogP contribution in [-0.2, 0) is 29.0 Å². The Morgan fingerprint density at radius 2 is 1.95 bits per heavy atom. The van der Waals surface area contributed by atoms with Gasteiger partial charge in [-0.2, -0.15) is 0 Å². The predicted octanol–water partition coefficient (Wildman–Crippen LogP) is 5.84. The Balaban J connectivity index is 1.33. The maximum absolute atomic E-state index is 12.9. The van der Waals surface area contributed by atoms with E-state index in [0.717, 1.165) is 52.8 Å². The first kappa shape index (κ1) is 28.5. The number of nitrogens with zero attached hydrogens (tertiary/aromatic N) is 2. The van der Waals surface area contributed by atoms with Crippen LogP contribution < -0.4 is 16.0 Å². The predicted molar refractivity (Wildman–Crippen MR) is 163 cm³/mol. The summed E-state index contributed by atoms with van der Waals surface area (Å²) >= 11 is 6.62. The van der Waals surface area contributed by atoms with E-state index in [1.165, 1.54) is 11.3 Å². The van der Waals surface area contributed by atoms with E-state index in [1.54, 1.807) is 23.3 Å². The number of thiophene rings is 1. The van der Waals surface area contributed by atoms with Crippen molar-refractivity contribution >= 4 is 65.9 Å². The molecule has 9 nitrogen and oxygen atoms in total. The van der Waals surface area contributed by atoms with Gasteiger partial charge in [0.25, 0.3) is 0 Å². The number of benzene rings is 2. The van der Waals surface area contributed by atoms with Gasteiger partial charge in [-0.1, -0.05) is 46.3 Å². The standard InChI is InChI=1S/C28H30BrN5O4S2/c1-37-14-12-30-10-11-31-27(35)33-26-24(25-32-21-8-7-19(29)15-22(21)39-25)20-9-13-34(16-23(20)40-26)28(36)38-17-18-5-3-2-4-6-18/h2-8,15,30H,9-14,16-17H2,1H3,(H2,31,33,35). The Kier molecular flexibility index (Phi) is 9.66. The molecular formula is C28H30BrN5O4S2. The van der Waals surface area contributed by atoms with E-state index in [1.807, 2.05) is 42.5 Å². The molecule has 0 radical (unpaired) electrons. The van der Waals surface area contributed by atoms with Gasteiger partial charge in [0.2, 0.25) is 0 Å². The molecule has 0 aliphatic carbocycles. The number of nitrogens with one attached hydrogen (secondary N) is 3. The summed E-state index contributed by atoms with van der Waals surface area (Å²) in [6.45, 7) is 3.63. The van der Waals surface area contributed by atoms with Crippen molar-refractivity contribution < 1.29 is 19.1 Å². The third-order valence-electron chi connectivity index (χ3n) is 6.38. The number of ether oxygens (including phenoxy) is 2. The highest BCUT2D eigenvalue weighted by atomic mass is 79.9. The number of amides is 3. The second kappa shape index (κ2) is 13.6. The number of fused-ring (bicyclic) bond motifs is 2. The zero-order valence-corrected chi connectivity index (χ0v) is 25.2. The van der Waals surface area contributed by atoms with Gasteiger partial charge < -0.3 is 25.0 Å². The highest BCUT2D eigenvalue weighted by molar-refractivity contribution is 9.10. The van der Waals surface area contributed by atoms with E-state index in [-0.39, 0.29) is 18.7 Å². The molecule has 12 heteroatoms. The van der Waals surface area contributed by atoms with Gasteiger partial charge in [-0.25, -0.2) is 14.6 Å². The number of carbonyl (C=O) groups excluding carboxylic acids is 2. The molecule has 4 aromatic rings. The summed E-state index contributed by atoms with van der Waals surface area (Å²) in [4.78, 5) is 33.4. The van der Waals surface area contributed by atoms with Crippen LogP contribution in [0.3, 0.4) is 0 Å². The lowest BCUT2D eigenvalue weighted by molar-refractivity contribution is 0.0924. The van der Waals surface area contributed by atoms with Gasteiger partial charge in [0.05, 0.1) is 23.4 Å². The van der Waals surface area contributed by atoms with Crippen molar-refractivity contribution in [2.45, 2.75) is 19.6 Å². The first-order valence-electron chi connectivity index (χ1n) is 12.9. The molecule has 0 atom stereocenters. The van der Waals surface area contributed by atoms with Crippen LogP contribution in [-0.4, -0.2) is 61.9 Å². The van der Waals surface area contributed by atoms with Gasteiger partial charge in [-0.15, -0.1) is 22.7 Å². The van der Waals surface area contributed by atoms with E-state index < -0.39 is 0 Å². The maximum Gasteiger partial charge on any atom is 0.410 e. The Morgan fingerprint density at radius 3 is 2.77 bits per heavy atom. The number of methoxy groups -OCH3 is 1. The highest BCUT2D eigenvalue weighted by Crippen LogP contribution is 2.46. The quantitative estimate of drug-likeness (QED) is 0.188. The second-order valence-electron chi connectivity index (χ2n) is 9.17. The van der Waals surface area contributed by atoms with Crippen LogP contribution in [0.2, 0.25) is 0 Å². The molecule has 5 rings (SSSR count). The lowest BCUT2D eigenvalue weighted by Crippen LogP contribution is -2.35. The van der Waals surface area contributed by atoms with E-state index >= 15 is 0 Å². The number of hydrogen-bond donors (Lipinski definition) is 3. The SMILES string of the molecule is COCCNCCNC(=O)Nc1sc2c(c1-c1nc3ccc(Br)cc3s1)CCN(C(=O)OCc1ccccc1)C2. The minimum absolute atomic E-state index is 0.229. The van der Waals surface area contributed by atoms with Crippen molar-refractivity contribution in [2.24, 2.45) is 0 Å². The smallest absolute Gasteiger partial charge is 0.410 e. The van der Waals surface area contributed by atoms with Crippen LogP contribution in [0.15, 0.2) is 53.0 Å². The fourth-order valence-corrected chi connectivity index (χ4v) is 7.32. The number of aromatic nitrogens is 1. The summed E-state index contributed by atoms with van der Waals surface area (Å²) in [6, 6.07) is 15.4. The molecule has 0 spiro atoms. The first-order valence-corrected chi connectivity index (χ1v) is 15.4. The lowest BCUT2D eigenvalue weighted by Gasteiger charge is -2.26. The van der Waals surface area contributed by atoms with Crippen molar-refractivity contribution in [3.63, 3.8) is 0 Å². The minimum atomic E-state index is -0.345. The summed E-state index contributed by atoms with van der Waals surface area (Å²) in [6.07, 6.45) is 0.302. The van der Waals surface area contributed by atoms with E-state index in [2.05, 4.69) is 37.9 Å². The number of anilines is 1. The van der Waals surface area contributed by atoms with Crippen molar-refractivity contribution in [1.29, 1.82) is 0 Å². The molecule has 0 fully saturated rings. The molecule has 0 unspecified atom stereocenters. The van der Waals surface area contributed by atoms with Crippen LogP contribution in [0.5, 0.6) is 0 Å². The van der Waals surface area contributed by atoms with Crippen LogP contribution >= 0.6 is 38.6 Å². The molecule has 3 N–H and O–H groups in total. The van der Waals surface area contributed by atoms with Crippen LogP contribution in [0.4, 0.5) is 14.6 Å². The second-order valence-corrected chi connectivity index (χ2v) is 12.2. The van der Waals surface area contributed by atoms with Gasteiger partial charge in [-0.05, 0) is 35.7 Å².